The van der Waals surface area contributed by atoms with Crippen LogP contribution in [0.4, 0.5) is 0 Å². The summed E-state index contributed by atoms with van der Waals surface area (Å²) in [5.74, 6) is 1.51. The summed E-state index contributed by atoms with van der Waals surface area (Å²) in [6, 6.07) is 13.2. The van der Waals surface area contributed by atoms with Crippen LogP contribution in [-0.4, -0.2) is 37.3 Å². The molecule has 1 atom stereocenters. The van der Waals surface area contributed by atoms with E-state index in [-0.39, 0.29) is 11.9 Å². The van der Waals surface area contributed by atoms with Gasteiger partial charge in [0.15, 0.2) is 17.6 Å². The molecule has 1 saturated carbocycles. The predicted octanol–water partition coefficient (Wildman–Crippen LogP) is 4.85. The molecule has 1 aliphatic rings. The van der Waals surface area contributed by atoms with Gasteiger partial charge in [-0.3, -0.25) is 14.8 Å². The first kappa shape index (κ1) is 21.0. The van der Waals surface area contributed by atoms with Crippen LogP contribution >= 0.6 is 0 Å². The molecule has 5 rings (SSSR count). The van der Waals surface area contributed by atoms with Crippen molar-refractivity contribution in [1.29, 1.82) is 0 Å². The fourth-order valence-electron chi connectivity index (χ4n) is 4.12. The molecule has 33 heavy (non-hydrogen) atoms. The van der Waals surface area contributed by atoms with Crippen molar-refractivity contribution in [3.05, 3.63) is 66.0 Å². The monoisotopic (exact) mass is 444 g/mol. The van der Waals surface area contributed by atoms with Crippen molar-refractivity contribution in [2.45, 2.75) is 18.9 Å². The first-order valence-corrected chi connectivity index (χ1v) is 10.8. The molecule has 168 valence electrons. The molecule has 2 aromatic heterocycles. The van der Waals surface area contributed by atoms with Gasteiger partial charge in [-0.05, 0) is 49.2 Å². The number of benzene rings is 2. The number of aromatic nitrogens is 2. The van der Waals surface area contributed by atoms with E-state index >= 15 is 0 Å². The van der Waals surface area contributed by atoms with Crippen LogP contribution in [0, 0.1) is 5.92 Å². The topological polar surface area (TPSA) is 79.8 Å². The molecule has 7 heteroatoms. The van der Waals surface area contributed by atoms with E-state index in [0.29, 0.717) is 22.8 Å². The zero-order valence-electron chi connectivity index (χ0n) is 18.7. The number of esters is 1. The molecule has 0 aliphatic heterocycles. The number of carbonyl (C=O) groups excluding carboxylic acids is 1. The van der Waals surface area contributed by atoms with E-state index in [9.17, 15) is 4.79 Å². The second-order valence-corrected chi connectivity index (χ2v) is 7.97. The number of methoxy groups -OCH3 is 3. The van der Waals surface area contributed by atoms with Gasteiger partial charge >= 0.3 is 5.97 Å². The summed E-state index contributed by atoms with van der Waals surface area (Å²) in [7, 11) is 4.79. The summed E-state index contributed by atoms with van der Waals surface area (Å²) in [4.78, 5) is 21.8. The van der Waals surface area contributed by atoms with E-state index in [2.05, 4.69) is 9.97 Å². The zero-order valence-corrected chi connectivity index (χ0v) is 18.7. The second kappa shape index (κ2) is 8.58. The molecule has 2 heterocycles. The van der Waals surface area contributed by atoms with Crippen molar-refractivity contribution >= 4 is 27.8 Å². The predicted molar refractivity (Wildman–Crippen MR) is 124 cm³/mol. The molecule has 2 aromatic carbocycles. The van der Waals surface area contributed by atoms with E-state index in [1.807, 2.05) is 42.5 Å². The highest BCUT2D eigenvalue weighted by molar-refractivity contribution is 5.90. The van der Waals surface area contributed by atoms with Crippen molar-refractivity contribution in [1.82, 2.24) is 9.97 Å². The van der Waals surface area contributed by atoms with E-state index < -0.39 is 6.10 Å². The summed E-state index contributed by atoms with van der Waals surface area (Å²) in [5.41, 5.74) is 3.04. The van der Waals surface area contributed by atoms with Crippen LogP contribution in [0.2, 0.25) is 0 Å². The molecule has 1 fully saturated rings. The van der Waals surface area contributed by atoms with Crippen LogP contribution in [0.1, 0.15) is 30.1 Å². The fourth-order valence-corrected chi connectivity index (χ4v) is 4.12. The Hall–Kier alpha value is -3.87. The lowest BCUT2D eigenvalue weighted by molar-refractivity contribution is -0.149. The number of nitrogens with zero attached hydrogens (tertiary/aromatic N) is 2. The van der Waals surface area contributed by atoms with Crippen LogP contribution in [0.15, 0.2) is 54.9 Å². The van der Waals surface area contributed by atoms with Gasteiger partial charge in [0.2, 0.25) is 0 Å². The van der Waals surface area contributed by atoms with Crippen LogP contribution in [0.5, 0.6) is 17.2 Å². The van der Waals surface area contributed by atoms with E-state index in [4.69, 9.17) is 18.9 Å². The van der Waals surface area contributed by atoms with Gasteiger partial charge in [-0.15, -0.1) is 0 Å². The van der Waals surface area contributed by atoms with Gasteiger partial charge in [0.1, 0.15) is 5.75 Å². The summed E-state index contributed by atoms with van der Waals surface area (Å²) in [5, 5.41) is 1.65. The van der Waals surface area contributed by atoms with Crippen molar-refractivity contribution in [3.63, 3.8) is 0 Å². The minimum atomic E-state index is -0.693. The first-order valence-electron chi connectivity index (χ1n) is 10.8. The number of rotatable bonds is 7. The van der Waals surface area contributed by atoms with E-state index in [0.717, 1.165) is 40.3 Å². The average molecular weight is 444 g/mol. The van der Waals surface area contributed by atoms with Gasteiger partial charge in [-0.25, -0.2) is 0 Å². The van der Waals surface area contributed by atoms with Crippen molar-refractivity contribution in [2.75, 3.05) is 21.3 Å². The number of hydrogen-bond donors (Lipinski definition) is 0. The highest BCUT2D eigenvalue weighted by Gasteiger charge is 2.35. The Morgan fingerprint density at radius 3 is 2.33 bits per heavy atom. The molecule has 0 saturated heterocycles. The van der Waals surface area contributed by atoms with E-state index in [1.54, 1.807) is 33.7 Å². The Morgan fingerprint density at radius 1 is 0.848 bits per heavy atom. The molecule has 0 spiro atoms. The number of ether oxygens (including phenoxy) is 4. The Bertz CT molecular complexity index is 1350. The molecular weight excluding hydrogens is 420 g/mol. The third-order valence-corrected chi connectivity index (χ3v) is 5.96. The SMILES string of the molecule is COc1cc2nccc(C(OC(=O)C3CC3)c3ccc4ncccc4c3OC)c2cc1OC. The maximum Gasteiger partial charge on any atom is 0.309 e. The Balaban J connectivity index is 1.74. The Labute approximate surface area is 191 Å². The fraction of sp³-hybridized carbons (Fsp3) is 0.269. The van der Waals surface area contributed by atoms with Gasteiger partial charge in [-0.1, -0.05) is 0 Å². The first-order chi connectivity index (χ1) is 16.1. The molecular formula is C26H24N2O5. The molecule has 0 bridgehead atoms. The molecule has 4 aromatic rings. The molecule has 0 N–H and O–H groups in total. The summed E-state index contributed by atoms with van der Waals surface area (Å²) in [6.07, 6.45) is 4.46. The average Bonchev–Trinajstić information content (AvgIpc) is 3.71. The van der Waals surface area contributed by atoms with Crippen LogP contribution in [0.3, 0.4) is 0 Å². The van der Waals surface area contributed by atoms with Crippen molar-refractivity contribution in [3.8, 4) is 17.2 Å². The Kier molecular flexibility index (Phi) is 5.46. The minimum absolute atomic E-state index is 0.0525. The van der Waals surface area contributed by atoms with Gasteiger partial charge in [0.25, 0.3) is 0 Å². The highest BCUT2D eigenvalue weighted by atomic mass is 16.5. The lowest BCUT2D eigenvalue weighted by Crippen LogP contribution is -2.15. The van der Waals surface area contributed by atoms with Crippen molar-refractivity contribution in [2.24, 2.45) is 5.92 Å². The van der Waals surface area contributed by atoms with Gasteiger partial charge < -0.3 is 18.9 Å². The molecule has 0 amide bonds. The quantitative estimate of drug-likeness (QED) is 0.377. The summed E-state index contributed by atoms with van der Waals surface area (Å²) >= 11 is 0. The normalized spacial score (nSPS) is 14.2. The lowest BCUT2D eigenvalue weighted by atomic mass is 9.95. The highest BCUT2D eigenvalue weighted by Crippen LogP contribution is 2.43. The van der Waals surface area contributed by atoms with Crippen LogP contribution < -0.4 is 14.2 Å². The number of hydrogen-bond acceptors (Lipinski definition) is 7. The summed E-state index contributed by atoms with van der Waals surface area (Å²) in [6.45, 7) is 0. The Morgan fingerprint density at radius 2 is 1.61 bits per heavy atom. The zero-order chi connectivity index (χ0) is 22.9. The third-order valence-electron chi connectivity index (χ3n) is 5.96. The number of pyridine rings is 2. The summed E-state index contributed by atoms with van der Waals surface area (Å²) < 4.78 is 22.9. The molecule has 7 nitrogen and oxygen atoms in total. The van der Waals surface area contributed by atoms with Crippen LogP contribution in [0.25, 0.3) is 21.8 Å². The maximum atomic E-state index is 12.8. The standard InChI is InChI=1S/C26H24N2O5/c1-30-22-13-19-16(10-12-28-21(19)14-23(22)31-2)25(33-26(29)15-6-7-15)18-8-9-20-17(24(18)32-3)5-4-11-27-20/h4-5,8-15,25H,6-7H2,1-3H3. The molecule has 1 unspecified atom stereocenters. The maximum absolute atomic E-state index is 12.8. The lowest BCUT2D eigenvalue weighted by Gasteiger charge is -2.23. The largest absolute Gasteiger partial charge is 0.496 e. The second-order valence-electron chi connectivity index (χ2n) is 7.97. The van der Waals surface area contributed by atoms with Gasteiger partial charge in [0.05, 0.1) is 38.3 Å². The van der Waals surface area contributed by atoms with Gasteiger partial charge in [-0.2, -0.15) is 0 Å². The number of fused-ring (bicyclic) bond motifs is 2. The van der Waals surface area contributed by atoms with E-state index in [1.165, 1.54) is 0 Å². The molecule has 1 aliphatic carbocycles. The number of carbonyl (C=O) groups is 1. The molecule has 0 radical (unpaired) electrons. The van der Waals surface area contributed by atoms with Gasteiger partial charge in [0, 0.05) is 40.4 Å². The van der Waals surface area contributed by atoms with Crippen molar-refractivity contribution < 1.29 is 23.7 Å². The third kappa shape index (κ3) is 3.80. The smallest absolute Gasteiger partial charge is 0.309 e. The van der Waals surface area contributed by atoms with Crippen LogP contribution in [-0.2, 0) is 9.53 Å². The minimum Gasteiger partial charge on any atom is -0.496 e.